The highest BCUT2D eigenvalue weighted by molar-refractivity contribution is 5.95. The molecular formula is C43H58N4O5. The highest BCUT2D eigenvalue weighted by Crippen LogP contribution is 2.58. The van der Waals surface area contributed by atoms with Crippen LogP contribution in [-0.2, 0) is 20.4 Å². The Morgan fingerprint density at radius 2 is 1.65 bits per heavy atom. The van der Waals surface area contributed by atoms with Crippen molar-refractivity contribution in [2.24, 2.45) is 17.3 Å². The molecule has 1 saturated heterocycles. The molecule has 1 aromatic carbocycles. The van der Waals surface area contributed by atoms with Gasteiger partial charge in [0.1, 0.15) is 29.6 Å². The number of carbonyl (C=O) groups excluding carboxylic acids is 2. The molecule has 5 aliphatic rings. The number of anilines is 1. The van der Waals surface area contributed by atoms with Crippen LogP contribution < -0.4 is 9.64 Å². The predicted octanol–water partition coefficient (Wildman–Crippen LogP) is 9.40. The van der Waals surface area contributed by atoms with Gasteiger partial charge in [-0.15, -0.1) is 0 Å². The van der Waals surface area contributed by atoms with E-state index in [1.807, 2.05) is 21.9 Å². The first-order valence-corrected chi connectivity index (χ1v) is 19.7. The first-order chi connectivity index (χ1) is 24.9. The van der Waals surface area contributed by atoms with E-state index < -0.39 is 0 Å². The topological polar surface area (TPSA) is 98.0 Å². The maximum atomic E-state index is 14.7. The van der Waals surface area contributed by atoms with E-state index in [9.17, 15) is 9.59 Å². The van der Waals surface area contributed by atoms with Crippen LogP contribution in [0.1, 0.15) is 122 Å². The van der Waals surface area contributed by atoms with Crippen molar-refractivity contribution < 1.29 is 23.5 Å². The van der Waals surface area contributed by atoms with E-state index in [1.54, 1.807) is 19.6 Å². The lowest BCUT2D eigenvalue weighted by molar-refractivity contribution is -0.124. The van der Waals surface area contributed by atoms with Crippen LogP contribution in [0.15, 0.2) is 47.2 Å². The van der Waals surface area contributed by atoms with Gasteiger partial charge in [-0.25, -0.2) is 14.8 Å². The van der Waals surface area contributed by atoms with Gasteiger partial charge in [0.05, 0.1) is 7.11 Å². The minimum atomic E-state index is -0.212. The smallest absolute Gasteiger partial charge is 0.410 e. The number of carbonyl (C=O) groups is 2. The second-order valence-corrected chi connectivity index (χ2v) is 17.6. The molecule has 4 saturated carbocycles. The van der Waals surface area contributed by atoms with Gasteiger partial charge in [0.25, 0.3) is 0 Å². The molecular weight excluding hydrogens is 652 g/mol. The fourth-order valence-electron chi connectivity index (χ4n) is 9.28. The molecule has 2 amide bonds. The highest BCUT2D eigenvalue weighted by Gasteiger charge is 2.51. The normalized spacial score (nSPS) is 26.6. The number of rotatable bonds is 8. The molecule has 9 nitrogen and oxygen atoms in total. The summed E-state index contributed by atoms with van der Waals surface area (Å²) in [5, 5.41) is 0. The zero-order valence-corrected chi connectivity index (χ0v) is 32.2. The zero-order valence-electron chi connectivity index (χ0n) is 32.2. The van der Waals surface area contributed by atoms with Crippen molar-refractivity contribution in [2.45, 2.75) is 129 Å². The number of ether oxygens (including phenoxy) is 2. The Hall–Kier alpha value is -3.88. The molecule has 3 aromatic rings. The summed E-state index contributed by atoms with van der Waals surface area (Å²) in [7, 11) is 1.74. The first kappa shape index (κ1) is 36.5. The Balaban J connectivity index is 1.09. The molecule has 0 N–H and O–H groups in total. The molecule has 9 heteroatoms. The quantitative estimate of drug-likeness (QED) is 0.230. The number of pyridine rings is 1. The zero-order chi connectivity index (χ0) is 36.7. The van der Waals surface area contributed by atoms with Gasteiger partial charge < -0.3 is 18.8 Å². The fourth-order valence-corrected chi connectivity index (χ4v) is 9.28. The van der Waals surface area contributed by atoms with Crippen molar-refractivity contribution in [3.05, 3.63) is 59.8 Å². The molecule has 4 aliphatic carbocycles. The maximum absolute atomic E-state index is 14.7. The molecule has 8 rings (SSSR count). The number of fused-ring (bicyclic) bond motifs is 3. The number of benzene rings is 1. The number of aryl methyl sites for hydroxylation is 1. The number of piperidine rings is 1. The van der Waals surface area contributed by atoms with Crippen LogP contribution in [-0.4, -0.2) is 59.7 Å². The third-order valence-corrected chi connectivity index (χ3v) is 13.0. The second kappa shape index (κ2) is 14.5. The van der Waals surface area contributed by atoms with Gasteiger partial charge in [0.15, 0.2) is 5.89 Å². The molecule has 0 spiro atoms. The Morgan fingerprint density at radius 3 is 2.27 bits per heavy atom. The lowest BCUT2D eigenvalue weighted by Gasteiger charge is -2.55. The van der Waals surface area contributed by atoms with E-state index in [-0.39, 0.29) is 40.3 Å². The van der Waals surface area contributed by atoms with Crippen molar-refractivity contribution in [1.82, 2.24) is 14.9 Å². The highest BCUT2D eigenvalue weighted by atomic mass is 16.6. The van der Waals surface area contributed by atoms with Gasteiger partial charge in [0, 0.05) is 42.7 Å². The minimum Gasteiger partial charge on any atom is -0.496 e. The summed E-state index contributed by atoms with van der Waals surface area (Å²) in [6, 6.07) is 10.7. The average molecular weight is 711 g/mol. The van der Waals surface area contributed by atoms with Crippen LogP contribution in [0.3, 0.4) is 0 Å². The summed E-state index contributed by atoms with van der Waals surface area (Å²) >= 11 is 0. The molecule has 52 heavy (non-hydrogen) atoms. The molecule has 0 atom stereocenters. The number of likely N-dealkylation sites (tertiary alicyclic amines) is 1. The van der Waals surface area contributed by atoms with E-state index in [4.69, 9.17) is 23.9 Å². The van der Waals surface area contributed by atoms with Crippen molar-refractivity contribution in [3.63, 3.8) is 0 Å². The minimum absolute atomic E-state index is 0.0442. The second-order valence-electron chi connectivity index (χ2n) is 17.6. The molecule has 3 heterocycles. The summed E-state index contributed by atoms with van der Waals surface area (Å²) in [5.74, 6) is 2.95. The van der Waals surface area contributed by atoms with Crippen LogP contribution in [0.2, 0.25) is 0 Å². The van der Waals surface area contributed by atoms with Crippen LogP contribution >= 0.6 is 0 Å². The van der Waals surface area contributed by atoms with Gasteiger partial charge in [0.2, 0.25) is 5.91 Å². The molecule has 1 aliphatic heterocycles. The molecule has 5 fully saturated rings. The van der Waals surface area contributed by atoms with Gasteiger partial charge >= 0.3 is 6.09 Å². The van der Waals surface area contributed by atoms with Gasteiger partial charge in [-0.2, -0.15) is 0 Å². The number of hydrogen-bond donors (Lipinski definition) is 0. The van der Waals surface area contributed by atoms with Crippen LogP contribution in [0.5, 0.6) is 5.75 Å². The van der Waals surface area contributed by atoms with Crippen molar-refractivity contribution in [3.8, 4) is 17.0 Å². The SMILES string of the molecule is COc1ccc(C23CCC(CN(c4cc(-c5coc(C(C)(C)C)n5)ccn4)C(=O)[C@H]4CC[C@H](OC(=O)N5CCC(C)CC5)CC4)(CC2)CC3)cc1C. The number of methoxy groups -OCH3 is 1. The fraction of sp³-hybridized carbons (Fsp3) is 0.628. The number of amides is 2. The summed E-state index contributed by atoms with van der Waals surface area (Å²) < 4.78 is 17.4. The van der Waals surface area contributed by atoms with Crippen molar-refractivity contribution in [2.75, 3.05) is 31.6 Å². The third-order valence-electron chi connectivity index (χ3n) is 13.0. The lowest BCUT2D eigenvalue weighted by Crippen LogP contribution is -2.52. The monoisotopic (exact) mass is 710 g/mol. The van der Waals surface area contributed by atoms with E-state index in [1.165, 1.54) is 11.1 Å². The largest absolute Gasteiger partial charge is 0.496 e. The molecule has 0 unspecified atom stereocenters. The summed E-state index contributed by atoms with van der Waals surface area (Å²) in [5.41, 5.74) is 4.27. The number of oxazole rings is 1. The van der Waals surface area contributed by atoms with Crippen molar-refractivity contribution in [1.29, 1.82) is 0 Å². The maximum Gasteiger partial charge on any atom is 0.410 e. The van der Waals surface area contributed by atoms with E-state index >= 15 is 0 Å². The average Bonchev–Trinajstić information content (AvgIpc) is 3.67. The standard InChI is InChI=1S/C43H58N4O5/c1-29-14-23-46(24-15-29)40(49)52-34-10-7-31(8-11-34)38(48)47(37-26-32(13-22-44-37)35-27-51-39(45-35)41(3,4)5)28-42-16-19-43(20-17-42,21-18-42)33-9-12-36(50-6)30(2)25-33/h9,12-13,22,25-27,29,31,34H,7-8,10-11,14-21,23-24,28H2,1-6H3/t31-,34-,42?,43?. The molecule has 2 aromatic heterocycles. The van der Waals surface area contributed by atoms with Gasteiger partial charge in [-0.1, -0.05) is 39.8 Å². The Kier molecular flexibility index (Phi) is 10.2. The molecule has 280 valence electrons. The Morgan fingerprint density at radius 1 is 0.962 bits per heavy atom. The summed E-state index contributed by atoms with van der Waals surface area (Å²) in [4.78, 5) is 41.2. The third kappa shape index (κ3) is 7.47. The van der Waals surface area contributed by atoms with Crippen LogP contribution in [0, 0.1) is 24.2 Å². The number of aromatic nitrogens is 2. The van der Waals surface area contributed by atoms with Gasteiger partial charge in [-0.3, -0.25) is 9.69 Å². The van der Waals surface area contributed by atoms with Gasteiger partial charge in [-0.05, 0) is 130 Å². The van der Waals surface area contributed by atoms with Crippen LogP contribution in [0.25, 0.3) is 11.3 Å². The Labute approximate surface area is 309 Å². The van der Waals surface area contributed by atoms with Crippen LogP contribution in [0.4, 0.5) is 10.6 Å². The lowest BCUT2D eigenvalue weighted by atomic mass is 9.51. The van der Waals surface area contributed by atoms with Crippen molar-refractivity contribution >= 4 is 17.8 Å². The molecule has 0 radical (unpaired) electrons. The van der Waals surface area contributed by atoms with E-state index in [2.05, 4.69) is 52.8 Å². The number of nitrogens with zero attached hydrogens (tertiary/aromatic N) is 4. The summed E-state index contributed by atoms with van der Waals surface area (Å²) in [6.45, 7) is 12.8. The summed E-state index contributed by atoms with van der Waals surface area (Å²) in [6.07, 6.45) is 14.6. The predicted molar refractivity (Wildman–Crippen MR) is 203 cm³/mol. The van der Waals surface area contributed by atoms with E-state index in [0.29, 0.717) is 49.9 Å². The molecule has 2 bridgehead atoms. The first-order valence-electron chi connectivity index (χ1n) is 19.7. The van der Waals surface area contributed by atoms with E-state index in [0.717, 1.165) is 81.5 Å². The number of hydrogen-bond acceptors (Lipinski definition) is 7. The Bertz CT molecular complexity index is 1720.